The van der Waals surface area contributed by atoms with Gasteiger partial charge in [0.05, 0.1) is 45.6 Å². The zero-order chi connectivity index (χ0) is 34.3. The Hall–Kier alpha value is -4.12. The summed E-state index contributed by atoms with van der Waals surface area (Å²) in [6.07, 6.45) is 0.988. The van der Waals surface area contributed by atoms with Gasteiger partial charge in [-0.2, -0.15) is 10.2 Å². The standard InChI is InChI=1S/C30H34ClF2N7O5SSi/c1-39-28-20(6-7-22(31)26(28)29(37-39)38-46(2,43)44)21-14-25-24(15-34-40(25)16-45-8-9-47(3,4)5)35-27(21)23(36-30(41)42)12-17-10-18(32)13-19(33)11-17/h6-7,10-11,13-15,23,36H,8-9,12,16H2,1-5H3,(H,37,38)(H,41,42). The van der Waals surface area contributed by atoms with Gasteiger partial charge in [-0.15, -0.1) is 0 Å². The number of benzene rings is 2. The van der Waals surface area contributed by atoms with E-state index in [0.29, 0.717) is 39.7 Å². The van der Waals surface area contributed by atoms with Crippen LogP contribution in [-0.2, 0) is 35.0 Å². The van der Waals surface area contributed by atoms with Gasteiger partial charge in [0.2, 0.25) is 10.0 Å². The molecular formula is C30H34ClF2N7O5SSi. The molecule has 0 saturated heterocycles. The number of carbonyl (C=O) groups is 1. The molecule has 0 radical (unpaired) electrons. The minimum atomic E-state index is -3.73. The second-order valence-electron chi connectivity index (χ2n) is 12.5. The number of rotatable bonds is 12. The van der Waals surface area contributed by atoms with Gasteiger partial charge in [-0.25, -0.2) is 31.7 Å². The molecule has 0 aliphatic heterocycles. The molecule has 12 nitrogen and oxygen atoms in total. The number of aryl methyl sites for hydroxylation is 1. The zero-order valence-electron chi connectivity index (χ0n) is 26.3. The van der Waals surface area contributed by atoms with E-state index in [0.717, 1.165) is 30.5 Å². The number of aromatic nitrogens is 5. The van der Waals surface area contributed by atoms with E-state index in [4.69, 9.17) is 21.3 Å². The molecule has 0 aliphatic carbocycles. The van der Waals surface area contributed by atoms with Crippen LogP contribution in [-0.4, -0.2) is 65.1 Å². The quantitative estimate of drug-likeness (QED) is 0.103. The minimum absolute atomic E-state index is 0.00345. The summed E-state index contributed by atoms with van der Waals surface area (Å²) in [5.41, 5.74) is 2.76. The fourth-order valence-electron chi connectivity index (χ4n) is 5.31. The van der Waals surface area contributed by atoms with Crippen LogP contribution in [0.3, 0.4) is 0 Å². The molecule has 5 rings (SSSR count). The molecule has 3 N–H and O–H groups in total. The molecule has 1 amide bonds. The highest BCUT2D eigenvalue weighted by molar-refractivity contribution is 7.92. The van der Waals surface area contributed by atoms with E-state index >= 15 is 0 Å². The lowest BCUT2D eigenvalue weighted by Crippen LogP contribution is -2.29. The van der Waals surface area contributed by atoms with E-state index < -0.39 is 41.9 Å². The van der Waals surface area contributed by atoms with Crippen molar-refractivity contribution in [2.45, 2.75) is 44.9 Å². The Morgan fingerprint density at radius 2 is 1.83 bits per heavy atom. The summed E-state index contributed by atoms with van der Waals surface area (Å²) < 4.78 is 64.1. The SMILES string of the molecule is Cn1nc(NS(C)(=O)=O)c2c(Cl)ccc(-c3cc4c(cnn4COCC[Si](C)(C)C)nc3C(Cc3cc(F)cc(F)c3)NC(=O)O)c21. The van der Waals surface area contributed by atoms with Crippen molar-refractivity contribution in [3.63, 3.8) is 0 Å². The van der Waals surface area contributed by atoms with Crippen LogP contribution in [0, 0.1) is 11.6 Å². The number of carboxylic acid groups (broad SMARTS) is 1. The van der Waals surface area contributed by atoms with Crippen molar-refractivity contribution in [3.05, 3.63) is 70.5 Å². The van der Waals surface area contributed by atoms with Gasteiger partial charge in [0, 0.05) is 38.9 Å². The lowest BCUT2D eigenvalue weighted by molar-refractivity contribution is 0.0817. The van der Waals surface area contributed by atoms with Gasteiger partial charge < -0.3 is 15.2 Å². The predicted molar refractivity (Wildman–Crippen MR) is 179 cm³/mol. The van der Waals surface area contributed by atoms with Crippen LogP contribution in [0.1, 0.15) is 17.3 Å². The van der Waals surface area contributed by atoms with Crippen molar-refractivity contribution in [1.82, 2.24) is 29.9 Å². The highest BCUT2D eigenvalue weighted by Gasteiger charge is 2.27. The maximum Gasteiger partial charge on any atom is 0.405 e. The number of hydrogen-bond donors (Lipinski definition) is 3. The summed E-state index contributed by atoms with van der Waals surface area (Å²) >= 11 is 6.59. The zero-order valence-corrected chi connectivity index (χ0v) is 28.9. The van der Waals surface area contributed by atoms with Gasteiger partial charge in [-0.1, -0.05) is 37.3 Å². The summed E-state index contributed by atoms with van der Waals surface area (Å²) in [7, 11) is -3.46. The Balaban J connectivity index is 1.73. The Morgan fingerprint density at radius 1 is 1.13 bits per heavy atom. The summed E-state index contributed by atoms with van der Waals surface area (Å²) in [6.45, 7) is 7.43. The van der Waals surface area contributed by atoms with Crippen molar-refractivity contribution < 1.29 is 31.8 Å². The third-order valence-electron chi connectivity index (χ3n) is 7.37. The van der Waals surface area contributed by atoms with Crippen LogP contribution in [0.25, 0.3) is 33.1 Å². The van der Waals surface area contributed by atoms with Crippen LogP contribution in [0.5, 0.6) is 0 Å². The third-order valence-corrected chi connectivity index (χ3v) is 9.95. The fraction of sp³-hybridized carbons (Fsp3) is 0.333. The monoisotopic (exact) mass is 705 g/mol. The van der Waals surface area contributed by atoms with E-state index in [1.54, 1.807) is 29.9 Å². The van der Waals surface area contributed by atoms with E-state index in [2.05, 4.69) is 39.9 Å². The molecule has 2 aromatic carbocycles. The van der Waals surface area contributed by atoms with Gasteiger partial charge >= 0.3 is 6.09 Å². The van der Waals surface area contributed by atoms with E-state index in [1.807, 2.05) is 0 Å². The van der Waals surface area contributed by atoms with Crippen LogP contribution >= 0.6 is 11.6 Å². The molecule has 47 heavy (non-hydrogen) atoms. The van der Waals surface area contributed by atoms with Crippen molar-refractivity contribution in [2.24, 2.45) is 7.05 Å². The van der Waals surface area contributed by atoms with Crippen molar-refractivity contribution in [2.75, 3.05) is 17.6 Å². The van der Waals surface area contributed by atoms with Crippen LogP contribution in [0.2, 0.25) is 30.7 Å². The highest BCUT2D eigenvalue weighted by atomic mass is 35.5. The smallest absolute Gasteiger partial charge is 0.405 e. The number of amides is 1. The van der Waals surface area contributed by atoms with Gasteiger partial charge in [0.15, 0.2) is 5.82 Å². The van der Waals surface area contributed by atoms with Gasteiger partial charge in [0.25, 0.3) is 0 Å². The van der Waals surface area contributed by atoms with Gasteiger partial charge in [-0.05, 0) is 42.3 Å². The number of halogens is 3. The molecule has 3 aromatic heterocycles. The molecule has 0 spiro atoms. The van der Waals surface area contributed by atoms with Gasteiger partial charge in [-0.3, -0.25) is 9.40 Å². The van der Waals surface area contributed by atoms with Gasteiger partial charge in [0.1, 0.15) is 23.9 Å². The average molecular weight is 706 g/mol. The molecule has 0 fully saturated rings. The highest BCUT2D eigenvalue weighted by Crippen LogP contribution is 2.40. The second kappa shape index (κ2) is 13.2. The van der Waals surface area contributed by atoms with E-state index in [-0.39, 0.29) is 35.2 Å². The predicted octanol–water partition coefficient (Wildman–Crippen LogP) is 6.15. The Labute approximate surface area is 275 Å². The summed E-state index contributed by atoms with van der Waals surface area (Å²) in [4.78, 5) is 16.9. The Bertz CT molecular complexity index is 2080. The van der Waals surface area contributed by atoms with Crippen LogP contribution < -0.4 is 10.0 Å². The minimum Gasteiger partial charge on any atom is -0.465 e. The summed E-state index contributed by atoms with van der Waals surface area (Å²) in [5, 5.41) is 21.6. The summed E-state index contributed by atoms with van der Waals surface area (Å²) in [5.74, 6) is -1.62. The maximum atomic E-state index is 14.2. The topological polar surface area (TPSA) is 153 Å². The van der Waals surface area contributed by atoms with Crippen molar-refractivity contribution >= 4 is 63.5 Å². The third kappa shape index (κ3) is 8.06. The lowest BCUT2D eigenvalue weighted by atomic mass is 9.94. The molecule has 250 valence electrons. The molecule has 5 aromatic rings. The number of fused-ring (bicyclic) bond motifs is 2. The largest absolute Gasteiger partial charge is 0.465 e. The number of pyridine rings is 1. The molecule has 0 bridgehead atoms. The lowest BCUT2D eigenvalue weighted by Gasteiger charge is -2.21. The number of anilines is 1. The summed E-state index contributed by atoms with van der Waals surface area (Å²) in [6, 6.07) is 7.88. The average Bonchev–Trinajstić information content (AvgIpc) is 3.48. The molecule has 1 unspecified atom stereocenters. The first-order valence-corrected chi connectivity index (χ1v) is 20.5. The Morgan fingerprint density at radius 3 is 2.47 bits per heavy atom. The molecule has 3 heterocycles. The first kappa shape index (κ1) is 34.2. The number of nitrogens with zero attached hydrogens (tertiary/aromatic N) is 5. The first-order chi connectivity index (χ1) is 22.0. The van der Waals surface area contributed by atoms with E-state index in [9.17, 15) is 27.1 Å². The maximum absolute atomic E-state index is 14.2. The number of sulfonamides is 1. The first-order valence-electron chi connectivity index (χ1n) is 14.5. The molecule has 17 heteroatoms. The fourth-order valence-corrected chi connectivity index (χ4v) is 6.80. The van der Waals surface area contributed by atoms with Crippen LogP contribution in [0.4, 0.5) is 19.4 Å². The molecule has 1 atom stereocenters. The Kier molecular flexibility index (Phi) is 9.59. The van der Waals surface area contributed by atoms with Crippen molar-refractivity contribution in [3.8, 4) is 11.1 Å². The van der Waals surface area contributed by atoms with E-state index in [1.165, 1.54) is 10.9 Å². The van der Waals surface area contributed by atoms with Crippen molar-refractivity contribution in [1.29, 1.82) is 0 Å². The molecular weight excluding hydrogens is 672 g/mol. The molecule has 0 saturated carbocycles. The normalized spacial score (nSPS) is 12.9. The number of ether oxygens (including phenoxy) is 1. The number of hydrogen-bond acceptors (Lipinski definition) is 7. The molecule has 0 aliphatic rings. The number of nitrogens with one attached hydrogen (secondary N) is 2. The van der Waals surface area contributed by atoms with Crippen LogP contribution in [0.15, 0.2) is 42.6 Å². The second-order valence-corrected chi connectivity index (χ2v) is 20.2.